The van der Waals surface area contributed by atoms with Gasteiger partial charge in [0.15, 0.2) is 0 Å². The molecule has 0 aliphatic carbocycles. The third-order valence-electron chi connectivity index (χ3n) is 4.37. The number of anilines is 1. The first-order valence-corrected chi connectivity index (χ1v) is 8.62. The fourth-order valence-electron chi connectivity index (χ4n) is 2.98. The third kappa shape index (κ3) is 3.95. The number of hydrogen-bond donors (Lipinski definition) is 2. The number of H-pyrrole nitrogens is 1. The van der Waals surface area contributed by atoms with Gasteiger partial charge in [-0.1, -0.05) is 19.9 Å². The number of benzene rings is 2. The summed E-state index contributed by atoms with van der Waals surface area (Å²) in [6, 6.07) is 12.1. The molecule has 0 radical (unpaired) electrons. The highest BCUT2D eigenvalue weighted by molar-refractivity contribution is 6.05. The van der Waals surface area contributed by atoms with Crippen molar-refractivity contribution in [1.82, 2.24) is 4.98 Å². The third-order valence-corrected chi connectivity index (χ3v) is 4.37. The van der Waals surface area contributed by atoms with Crippen molar-refractivity contribution in [3.05, 3.63) is 63.9 Å². The smallest absolute Gasteiger partial charge is 0.255 e. The number of carbonyl (C=O) groups is 1. The SMILES string of the molecule is COc1cc(OC)cc(C(=O)Nc2ccc3c(C(C)C)cc(=O)[nH]c3c2)c1. The van der Waals surface area contributed by atoms with E-state index in [9.17, 15) is 9.59 Å². The highest BCUT2D eigenvalue weighted by atomic mass is 16.5. The highest BCUT2D eigenvalue weighted by Crippen LogP contribution is 2.26. The maximum atomic E-state index is 12.6. The summed E-state index contributed by atoms with van der Waals surface area (Å²) in [4.78, 5) is 27.4. The number of fused-ring (bicyclic) bond motifs is 1. The molecule has 6 nitrogen and oxygen atoms in total. The van der Waals surface area contributed by atoms with Gasteiger partial charge in [0.2, 0.25) is 5.56 Å². The molecule has 2 N–H and O–H groups in total. The van der Waals surface area contributed by atoms with Crippen molar-refractivity contribution in [1.29, 1.82) is 0 Å². The van der Waals surface area contributed by atoms with Crippen LogP contribution in [0.25, 0.3) is 10.9 Å². The van der Waals surface area contributed by atoms with Crippen molar-refractivity contribution in [2.24, 2.45) is 0 Å². The van der Waals surface area contributed by atoms with Crippen LogP contribution in [0.3, 0.4) is 0 Å². The van der Waals surface area contributed by atoms with Gasteiger partial charge < -0.3 is 19.8 Å². The Morgan fingerprint density at radius 3 is 2.26 bits per heavy atom. The molecule has 1 amide bonds. The number of ether oxygens (including phenoxy) is 2. The molecule has 0 atom stereocenters. The summed E-state index contributed by atoms with van der Waals surface area (Å²) in [5, 5.41) is 3.81. The average molecular weight is 366 g/mol. The Morgan fingerprint density at radius 1 is 1.00 bits per heavy atom. The number of amides is 1. The lowest BCUT2D eigenvalue weighted by Crippen LogP contribution is -2.13. The quantitative estimate of drug-likeness (QED) is 0.717. The second-order valence-electron chi connectivity index (χ2n) is 6.56. The van der Waals surface area contributed by atoms with Crippen LogP contribution in [-0.4, -0.2) is 25.1 Å². The van der Waals surface area contributed by atoms with E-state index in [1.165, 1.54) is 14.2 Å². The summed E-state index contributed by atoms with van der Waals surface area (Å²) in [7, 11) is 3.06. The number of aromatic amines is 1. The number of rotatable bonds is 5. The van der Waals surface area contributed by atoms with Gasteiger partial charge >= 0.3 is 0 Å². The molecule has 0 saturated heterocycles. The van der Waals surface area contributed by atoms with E-state index in [0.29, 0.717) is 28.3 Å². The van der Waals surface area contributed by atoms with Gasteiger partial charge in [-0.3, -0.25) is 9.59 Å². The van der Waals surface area contributed by atoms with Gasteiger partial charge in [-0.25, -0.2) is 0 Å². The summed E-state index contributed by atoms with van der Waals surface area (Å²) in [6.07, 6.45) is 0. The molecule has 1 aromatic heterocycles. The van der Waals surface area contributed by atoms with Crippen LogP contribution < -0.4 is 20.3 Å². The normalized spacial score (nSPS) is 10.9. The molecule has 0 unspecified atom stereocenters. The second-order valence-corrected chi connectivity index (χ2v) is 6.56. The number of pyridine rings is 1. The predicted octanol–water partition coefficient (Wildman–Crippen LogP) is 3.92. The second kappa shape index (κ2) is 7.53. The number of nitrogens with one attached hydrogen (secondary N) is 2. The molecule has 0 spiro atoms. The molecule has 0 aliphatic heterocycles. The van der Waals surface area contributed by atoms with E-state index >= 15 is 0 Å². The van der Waals surface area contributed by atoms with Crippen molar-refractivity contribution >= 4 is 22.5 Å². The first-order chi connectivity index (χ1) is 12.9. The summed E-state index contributed by atoms with van der Waals surface area (Å²) >= 11 is 0. The number of carbonyl (C=O) groups excluding carboxylic acids is 1. The molecule has 27 heavy (non-hydrogen) atoms. The summed E-state index contributed by atoms with van der Waals surface area (Å²) in [6.45, 7) is 4.08. The van der Waals surface area contributed by atoms with Gasteiger partial charge in [-0.2, -0.15) is 0 Å². The monoisotopic (exact) mass is 366 g/mol. The van der Waals surface area contributed by atoms with Crippen LogP contribution in [-0.2, 0) is 0 Å². The van der Waals surface area contributed by atoms with Crippen molar-refractivity contribution in [3.8, 4) is 11.5 Å². The maximum absolute atomic E-state index is 12.6. The van der Waals surface area contributed by atoms with Crippen LogP contribution in [0.2, 0.25) is 0 Å². The minimum absolute atomic E-state index is 0.160. The molecule has 0 bridgehead atoms. The van der Waals surface area contributed by atoms with Crippen molar-refractivity contribution < 1.29 is 14.3 Å². The fourth-order valence-corrected chi connectivity index (χ4v) is 2.98. The van der Waals surface area contributed by atoms with Crippen molar-refractivity contribution in [2.75, 3.05) is 19.5 Å². The van der Waals surface area contributed by atoms with Gasteiger partial charge in [0.1, 0.15) is 11.5 Å². The molecule has 140 valence electrons. The average Bonchev–Trinajstić information content (AvgIpc) is 2.66. The molecule has 2 aromatic carbocycles. The Kier molecular flexibility index (Phi) is 5.16. The van der Waals surface area contributed by atoms with Crippen LogP contribution >= 0.6 is 0 Å². The number of methoxy groups -OCH3 is 2. The Balaban J connectivity index is 1.95. The Labute approximate surface area is 157 Å². The zero-order valence-corrected chi connectivity index (χ0v) is 15.8. The Hall–Kier alpha value is -3.28. The predicted molar refractivity (Wildman–Crippen MR) is 106 cm³/mol. The lowest BCUT2D eigenvalue weighted by molar-refractivity contribution is 0.102. The first kappa shape index (κ1) is 18.5. The van der Waals surface area contributed by atoms with Gasteiger partial charge in [-0.05, 0) is 35.7 Å². The van der Waals surface area contributed by atoms with E-state index in [-0.39, 0.29) is 17.4 Å². The molecular weight excluding hydrogens is 344 g/mol. The van der Waals surface area contributed by atoms with Gasteiger partial charge in [0.25, 0.3) is 5.91 Å². The molecule has 6 heteroatoms. The Bertz CT molecular complexity index is 1030. The van der Waals surface area contributed by atoms with Gasteiger partial charge in [0.05, 0.1) is 19.7 Å². The standard InChI is InChI=1S/C21H22N2O4/c1-12(2)18-11-20(24)23-19-9-14(5-6-17(18)19)22-21(25)13-7-15(26-3)10-16(8-13)27-4/h5-12H,1-4H3,(H,22,25)(H,23,24). The molecule has 3 rings (SSSR count). The lowest BCUT2D eigenvalue weighted by Gasteiger charge is -2.12. The zero-order valence-electron chi connectivity index (χ0n) is 15.8. The number of aromatic nitrogens is 1. The minimum Gasteiger partial charge on any atom is -0.497 e. The van der Waals surface area contributed by atoms with Crippen LogP contribution in [0.1, 0.15) is 35.7 Å². The largest absolute Gasteiger partial charge is 0.497 e. The van der Waals surface area contributed by atoms with E-state index in [1.807, 2.05) is 26.0 Å². The first-order valence-electron chi connectivity index (χ1n) is 8.62. The molecular formula is C21H22N2O4. The summed E-state index contributed by atoms with van der Waals surface area (Å²) in [5.74, 6) is 0.987. The van der Waals surface area contributed by atoms with Crippen molar-refractivity contribution in [3.63, 3.8) is 0 Å². The Morgan fingerprint density at radius 2 is 1.67 bits per heavy atom. The van der Waals surface area contributed by atoms with E-state index in [4.69, 9.17) is 9.47 Å². The molecule has 0 fully saturated rings. The fraction of sp³-hybridized carbons (Fsp3) is 0.238. The maximum Gasteiger partial charge on any atom is 0.255 e. The molecule has 0 aliphatic rings. The van der Waals surface area contributed by atoms with Crippen LogP contribution in [0, 0.1) is 0 Å². The summed E-state index contributed by atoms with van der Waals surface area (Å²) in [5.41, 5.74) is 2.50. The number of hydrogen-bond acceptors (Lipinski definition) is 4. The van der Waals surface area contributed by atoms with Crippen LogP contribution in [0.15, 0.2) is 47.3 Å². The molecule has 0 saturated carbocycles. The van der Waals surface area contributed by atoms with Crippen molar-refractivity contribution in [2.45, 2.75) is 19.8 Å². The minimum atomic E-state index is -0.297. The molecule has 1 heterocycles. The highest BCUT2D eigenvalue weighted by Gasteiger charge is 2.12. The van der Waals surface area contributed by atoms with E-state index in [1.54, 1.807) is 30.3 Å². The topological polar surface area (TPSA) is 80.4 Å². The van der Waals surface area contributed by atoms with Crippen LogP contribution in [0.4, 0.5) is 5.69 Å². The van der Waals surface area contributed by atoms with Gasteiger partial charge in [0, 0.05) is 28.8 Å². The van der Waals surface area contributed by atoms with Gasteiger partial charge in [-0.15, -0.1) is 0 Å². The van der Waals surface area contributed by atoms with E-state index < -0.39 is 0 Å². The lowest BCUT2D eigenvalue weighted by atomic mass is 9.99. The van der Waals surface area contributed by atoms with E-state index in [0.717, 1.165) is 10.9 Å². The molecule has 3 aromatic rings. The summed E-state index contributed by atoms with van der Waals surface area (Å²) < 4.78 is 10.4. The van der Waals surface area contributed by atoms with Crippen LogP contribution in [0.5, 0.6) is 11.5 Å². The van der Waals surface area contributed by atoms with E-state index in [2.05, 4.69) is 10.3 Å². The zero-order chi connectivity index (χ0) is 19.6.